The van der Waals surface area contributed by atoms with Crippen molar-refractivity contribution in [2.45, 2.75) is 49.3 Å². The molecule has 0 amide bonds. The summed E-state index contributed by atoms with van der Waals surface area (Å²) in [7, 11) is -0.217. The van der Waals surface area contributed by atoms with Crippen molar-refractivity contribution in [3.8, 4) is 5.75 Å². The summed E-state index contributed by atoms with van der Waals surface area (Å²) < 4.78 is 46.2. The number of benzene rings is 3. The van der Waals surface area contributed by atoms with Crippen LogP contribution in [0, 0.1) is 5.82 Å². The van der Waals surface area contributed by atoms with Gasteiger partial charge < -0.3 is 9.64 Å². The molecule has 9 heteroatoms. The molecule has 1 aliphatic rings. The van der Waals surface area contributed by atoms with E-state index in [4.69, 9.17) is 27.9 Å². The fraction of sp³-hybridized carbons (Fsp3) is 0.345. The smallest absolute Gasteiger partial charge is 0.182 e. The second-order valence-electron chi connectivity index (χ2n) is 9.91. The first-order valence-electron chi connectivity index (χ1n) is 12.3. The summed E-state index contributed by atoms with van der Waals surface area (Å²) in [5.74, 6) is -0.939. The van der Waals surface area contributed by atoms with E-state index >= 15 is 0 Å². The van der Waals surface area contributed by atoms with E-state index in [-0.39, 0.29) is 45.8 Å². The first kappa shape index (κ1) is 28.6. The molecule has 0 aliphatic carbocycles. The molecule has 0 saturated heterocycles. The van der Waals surface area contributed by atoms with E-state index in [1.54, 1.807) is 12.1 Å². The number of carbonyl (C=O) groups is 1. The van der Waals surface area contributed by atoms with Crippen molar-refractivity contribution in [3.63, 3.8) is 0 Å². The SMILES string of the molecule is COc1ccc([C@@H](C)CC(=O)Cc2ccc(S(=O)(=O)Cc3ccc4c(c3)CCN(C)C4)cc2F)c(Cl)c1Cl. The molecule has 0 fully saturated rings. The van der Waals surface area contributed by atoms with Crippen LogP contribution in [0.5, 0.6) is 5.75 Å². The zero-order valence-corrected chi connectivity index (χ0v) is 23.9. The van der Waals surface area contributed by atoms with Gasteiger partial charge in [0.05, 0.1) is 22.8 Å². The molecular formula is C29H30Cl2FNO4S. The predicted octanol–water partition coefficient (Wildman–Crippen LogP) is 6.41. The lowest BCUT2D eigenvalue weighted by molar-refractivity contribution is -0.118. The molecule has 0 unspecified atom stereocenters. The third-order valence-electron chi connectivity index (χ3n) is 6.96. The van der Waals surface area contributed by atoms with Crippen molar-refractivity contribution in [2.75, 3.05) is 20.7 Å². The van der Waals surface area contributed by atoms with Gasteiger partial charge in [-0.1, -0.05) is 60.5 Å². The second-order valence-corrected chi connectivity index (χ2v) is 12.7. The maximum absolute atomic E-state index is 14.9. The number of hydrogen-bond donors (Lipinski definition) is 0. The third kappa shape index (κ3) is 6.40. The summed E-state index contributed by atoms with van der Waals surface area (Å²) >= 11 is 12.6. The molecule has 0 bridgehead atoms. The molecule has 0 aromatic heterocycles. The van der Waals surface area contributed by atoms with Crippen molar-refractivity contribution < 1.29 is 22.3 Å². The first-order valence-corrected chi connectivity index (χ1v) is 14.7. The number of fused-ring (bicyclic) bond motifs is 1. The minimum Gasteiger partial charge on any atom is -0.495 e. The Labute approximate surface area is 233 Å². The third-order valence-corrected chi connectivity index (χ3v) is 9.53. The van der Waals surface area contributed by atoms with E-state index in [9.17, 15) is 17.6 Å². The number of likely N-dealkylation sites (N-methyl/N-ethyl adjacent to an activating group) is 1. The molecule has 202 valence electrons. The van der Waals surface area contributed by atoms with Gasteiger partial charge in [0.1, 0.15) is 22.4 Å². The topological polar surface area (TPSA) is 63.7 Å². The lowest BCUT2D eigenvalue weighted by Gasteiger charge is -2.25. The molecule has 0 saturated carbocycles. The Morgan fingerprint density at radius 1 is 1.08 bits per heavy atom. The van der Waals surface area contributed by atoms with Crippen molar-refractivity contribution >= 4 is 38.8 Å². The highest BCUT2D eigenvalue weighted by molar-refractivity contribution is 7.90. The van der Waals surface area contributed by atoms with E-state index in [2.05, 4.69) is 11.9 Å². The normalized spacial score (nSPS) is 14.7. The zero-order chi connectivity index (χ0) is 27.6. The van der Waals surface area contributed by atoms with Crippen LogP contribution in [0.2, 0.25) is 10.0 Å². The van der Waals surface area contributed by atoms with E-state index < -0.39 is 15.7 Å². The standard InChI is InChI=1S/C29H30Cl2FNO4S/c1-18(25-8-9-27(37-3)29(31)28(25)30)12-23(34)14-21-6-7-24(15-26(21)32)38(35,36)17-19-4-5-22-16-33(2)11-10-20(22)13-19/h4-9,13,15,18H,10-12,14,16-17H2,1-3H3/t18-/m0/s1. The van der Waals surface area contributed by atoms with Crippen molar-refractivity contribution in [1.29, 1.82) is 0 Å². The number of rotatable bonds is 9. The van der Waals surface area contributed by atoms with Gasteiger partial charge >= 0.3 is 0 Å². The van der Waals surface area contributed by atoms with Crippen LogP contribution in [0.15, 0.2) is 53.4 Å². The lowest BCUT2D eigenvalue weighted by Crippen LogP contribution is -2.26. The van der Waals surface area contributed by atoms with E-state index in [0.29, 0.717) is 21.9 Å². The van der Waals surface area contributed by atoms with Gasteiger partial charge in [-0.05, 0) is 65.4 Å². The van der Waals surface area contributed by atoms with Crippen LogP contribution in [0.1, 0.15) is 47.1 Å². The van der Waals surface area contributed by atoms with Crippen LogP contribution in [0.4, 0.5) is 4.39 Å². The van der Waals surface area contributed by atoms with Crippen molar-refractivity contribution in [3.05, 3.63) is 92.2 Å². The molecule has 1 heterocycles. The average molecular weight is 579 g/mol. The summed E-state index contributed by atoms with van der Waals surface area (Å²) in [5, 5.41) is 0.593. The highest BCUT2D eigenvalue weighted by atomic mass is 35.5. The van der Waals surface area contributed by atoms with Crippen LogP contribution >= 0.6 is 23.2 Å². The van der Waals surface area contributed by atoms with Crippen molar-refractivity contribution in [2.24, 2.45) is 0 Å². The number of hydrogen-bond acceptors (Lipinski definition) is 5. The van der Waals surface area contributed by atoms with Crippen LogP contribution in [-0.4, -0.2) is 39.8 Å². The molecule has 5 nitrogen and oxygen atoms in total. The minimum atomic E-state index is -3.76. The molecule has 1 aliphatic heterocycles. The Balaban J connectivity index is 1.43. The van der Waals surface area contributed by atoms with E-state index in [1.165, 1.54) is 24.8 Å². The van der Waals surface area contributed by atoms with Gasteiger partial charge in [0, 0.05) is 25.9 Å². The number of sulfone groups is 1. The van der Waals surface area contributed by atoms with Crippen LogP contribution in [0.3, 0.4) is 0 Å². The number of methoxy groups -OCH3 is 1. The second kappa shape index (κ2) is 11.7. The highest BCUT2D eigenvalue weighted by Crippen LogP contribution is 2.38. The fourth-order valence-corrected chi connectivity index (χ4v) is 6.76. The van der Waals surface area contributed by atoms with Gasteiger partial charge in [-0.3, -0.25) is 4.79 Å². The molecule has 0 N–H and O–H groups in total. The van der Waals surface area contributed by atoms with Crippen LogP contribution in [0.25, 0.3) is 0 Å². The molecule has 0 radical (unpaired) electrons. The molecule has 0 spiro atoms. The fourth-order valence-electron chi connectivity index (χ4n) is 4.83. The maximum Gasteiger partial charge on any atom is 0.182 e. The van der Waals surface area contributed by atoms with E-state index in [0.717, 1.165) is 31.1 Å². The minimum absolute atomic E-state index is 0.100. The summed E-state index contributed by atoms with van der Waals surface area (Å²) in [6.07, 6.45) is 0.834. The molecule has 38 heavy (non-hydrogen) atoms. The number of ether oxygens (including phenoxy) is 1. The summed E-state index contributed by atoms with van der Waals surface area (Å²) in [5.41, 5.74) is 3.88. The zero-order valence-electron chi connectivity index (χ0n) is 21.6. The largest absolute Gasteiger partial charge is 0.495 e. The van der Waals surface area contributed by atoms with Gasteiger partial charge in [0.15, 0.2) is 9.84 Å². The molecule has 3 aromatic rings. The monoisotopic (exact) mass is 577 g/mol. The molecule has 3 aromatic carbocycles. The predicted molar refractivity (Wildman–Crippen MR) is 149 cm³/mol. The summed E-state index contributed by atoms with van der Waals surface area (Å²) in [6, 6.07) is 12.9. The maximum atomic E-state index is 14.9. The van der Waals surface area contributed by atoms with Gasteiger partial charge in [-0.2, -0.15) is 0 Å². The average Bonchev–Trinajstić information content (AvgIpc) is 2.86. The lowest BCUT2D eigenvalue weighted by atomic mass is 9.93. The number of Topliss-reactive ketones (excluding diaryl/α,β-unsaturated/α-hetero) is 1. The van der Waals surface area contributed by atoms with Crippen LogP contribution in [-0.2, 0) is 39.8 Å². The van der Waals surface area contributed by atoms with Crippen molar-refractivity contribution in [1.82, 2.24) is 4.90 Å². The number of carbonyl (C=O) groups excluding carboxylic acids is 1. The van der Waals surface area contributed by atoms with Gasteiger partial charge in [0.2, 0.25) is 0 Å². The van der Waals surface area contributed by atoms with Gasteiger partial charge in [-0.25, -0.2) is 12.8 Å². The van der Waals surface area contributed by atoms with Crippen LogP contribution < -0.4 is 4.74 Å². The number of ketones is 1. The Morgan fingerprint density at radius 2 is 1.84 bits per heavy atom. The molecular weight excluding hydrogens is 548 g/mol. The number of halogens is 3. The molecule has 4 rings (SSSR count). The van der Waals surface area contributed by atoms with Gasteiger partial charge in [0.25, 0.3) is 0 Å². The number of nitrogens with zero attached hydrogens (tertiary/aromatic N) is 1. The Kier molecular flexibility index (Phi) is 8.82. The quantitative estimate of drug-likeness (QED) is 0.294. The Hall–Kier alpha value is -2.45. The van der Waals surface area contributed by atoms with Gasteiger partial charge in [-0.15, -0.1) is 0 Å². The Bertz CT molecular complexity index is 1480. The highest BCUT2D eigenvalue weighted by Gasteiger charge is 2.22. The summed E-state index contributed by atoms with van der Waals surface area (Å²) in [4.78, 5) is 14.9. The van der Waals surface area contributed by atoms with E-state index in [1.807, 2.05) is 25.1 Å². The summed E-state index contributed by atoms with van der Waals surface area (Å²) in [6.45, 7) is 3.61. The Morgan fingerprint density at radius 3 is 2.55 bits per heavy atom. The first-order chi connectivity index (χ1) is 18.0. The molecule has 1 atom stereocenters.